The maximum atomic E-state index is 13.7. The van der Waals surface area contributed by atoms with Gasteiger partial charge in [-0.15, -0.1) is 0 Å². The highest BCUT2D eigenvalue weighted by atomic mass is 127. The minimum atomic E-state index is -0.272. The van der Waals surface area contributed by atoms with Gasteiger partial charge in [0.25, 0.3) is 23.6 Å². The van der Waals surface area contributed by atoms with Gasteiger partial charge in [0, 0.05) is 33.0 Å². The lowest BCUT2D eigenvalue weighted by atomic mass is 9.82. The van der Waals surface area contributed by atoms with Gasteiger partial charge in [-0.2, -0.15) is 0 Å². The molecule has 4 amide bonds. The molecule has 0 atom stereocenters. The first-order valence-corrected chi connectivity index (χ1v) is 14.3. The second-order valence-electron chi connectivity index (χ2n) is 13.7. The van der Waals surface area contributed by atoms with Crippen molar-refractivity contribution >= 4 is 66.7 Å². The number of halogens is 2. The van der Waals surface area contributed by atoms with Crippen molar-refractivity contribution in [2.75, 3.05) is 68.5 Å². The molecule has 10 heteroatoms. The van der Waals surface area contributed by atoms with Crippen LogP contribution in [0.1, 0.15) is 41.4 Å². The van der Waals surface area contributed by atoms with E-state index in [0.29, 0.717) is 68.2 Å². The number of amides is 4. The number of carbonyl (C=O) groups excluding carboxylic acids is 4. The van der Waals surface area contributed by atoms with E-state index in [4.69, 9.17) is 0 Å². The Balaban J connectivity index is 0.00000192. The van der Waals surface area contributed by atoms with E-state index in [-0.39, 0.29) is 71.6 Å². The molecule has 0 saturated heterocycles. The fourth-order valence-corrected chi connectivity index (χ4v) is 6.57. The maximum Gasteiger partial charge on any atom is 0.261 e. The first-order valence-electron chi connectivity index (χ1n) is 14.3. The smallest absolute Gasteiger partial charge is 0.261 e. The van der Waals surface area contributed by atoms with Gasteiger partial charge in [-0.25, -0.2) is 0 Å². The molecule has 0 spiro atoms. The highest BCUT2D eigenvalue weighted by Gasteiger charge is 2.37. The second kappa shape index (κ2) is 10.8. The minimum absolute atomic E-state index is 0. The van der Waals surface area contributed by atoms with E-state index in [1.165, 1.54) is 9.80 Å². The SMILES string of the molecule is C[N+](C)(C)CCN1C(=O)c2ccc3c4ccc5c6c(ccc(c7ccc(c2c37)C1=O)c64)C(=O)N(CC[N+](C)(C)C)C5=O.[I-].[I-]. The number of fused-ring (bicyclic) bond motifs is 2. The van der Waals surface area contributed by atoms with Crippen molar-refractivity contribution in [3.05, 3.63) is 70.8 Å². The molecule has 2 heterocycles. The minimum Gasteiger partial charge on any atom is -1.00 e. The lowest BCUT2D eigenvalue weighted by Gasteiger charge is -2.32. The molecule has 0 saturated carbocycles. The van der Waals surface area contributed by atoms with E-state index >= 15 is 0 Å². The van der Waals surface area contributed by atoms with Crippen molar-refractivity contribution in [3.63, 3.8) is 0 Å². The molecular formula is C34H34I2N4O4. The van der Waals surface area contributed by atoms with Gasteiger partial charge in [0.1, 0.15) is 0 Å². The molecular weight excluding hydrogens is 782 g/mol. The quantitative estimate of drug-likeness (QED) is 0.0678. The number of nitrogens with zero attached hydrogens (tertiary/aromatic N) is 4. The summed E-state index contributed by atoms with van der Waals surface area (Å²) in [7, 11) is 12.2. The van der Waals surface area contributed by atoms with Gasteiger partial charge < -0.3 is 56.9 Å². The van der Waals surface area contributed by atoms with Gasteiger partial charge >= 0.3 is 0 Å². The molecule has 2 aliphatic rings. The molecule has 0 aromatic heterocycles. The summed E-state index contributed by atoms with van der Waals surface area (Å²) in [6.07, 6.45) is 0. The van der Waals surface area contributed by atoms with E-state index in [2.05, 4.69) is 0 Å². The summed E-state index contributed by atoms with van der Waals surface area (Å²) in [6, 6.07) is 15.1. The Morgan fingerprint density at radius 1 is 0.432 bits per heavy atom. The Hall–Kier alpha value is -2.94. The van der Waals surface area contributed by atoms with E-state index in [0.717, 1.165) is 32.3 Å². The summed E-state index contributed by atoms with van der Waals surface area (Å²) < 4.78 is 1.28. The monoisotopic (exact) mass is 816 g/mol. The number of quaternary nitrogens is 2. The lowest BCUT2D eigenvalue weighted by molar-refractivity contribution is -0.869. The predicted octanol–water partition coefficient (Wildman–Crippen LogP) is -1.65. The zero-order chi connectivity index (χ0) is 29.9. The van der Waals surface area contributed by atoms with Gasteiger partial charge in [-0.1, -0.05) is 24.3 Å². The standard InChI is InChI=1S/C34H34N4O4.2HI/c1-37(2,3)17-15-35-31(39)23-11-7-19-21-9-13-25-30-26(34(42)36(33(25)41)16-18-38(4,5)6)14-10-22(28(21)30)20-8-12-24(32(35)40)29(23)27(19)20;;/h7-14H,15-18H2,1-6H3;2*1H/q+2;;/p-2. The van der Waals surface area contributed by atoms with Gasteiger partial charge in [-0.3, -0.25) is 29.0 Å². The normalized spacial score (nSPS) is 15.1. The Bertz CT molecular complexity index is 1790. The molecule has 0 aliphatic carbocycles. The average molecular weight is 816 g/mol. The van der Waals surface area contributed by atoms with Crippen LogP contribution < -0.4 is 48.0 Å². The number of imide groups is 2. The summed E-state index contributed by atoms with van der Waals surface area (Å²) in [5, 5.41) is 6.68. The van der Waals surface area contributed by atoms with Crippen LogP contribution in [0, 0.1) is 0 Å². The van der Waals surface area contributed by atoms with Crippen LogP contribution in [0.15, 0.2) is 48.5 Å². The van der Waals surface area contributed by atoms with Crippen LogP contribution >= 0.6 is 0 Å². The number of hydrogen-bond donors (Lipinski definition) is 0. The maximum absolute atomic E-state index is 13.7. The first kappa shape index (κ1) is 32.5. The van der Waals surface area contributed by atoms with E-state index in [1.807, 2.05) is 90.8 Å². The topological polar surface area (TPSA) is 74.8 Å². The molecule has 0 unspecified atom stereocenters. The Kier molecular flexibility index (Phi) is 8.00. The number of benzene rings is 5. The Labute approximate surface area is 290 Å². The third kappa shape index (κ3) is 4.76. The van der Waals surface area contributed by atoms with Gasteiger partial charge in [0.15, 0.2) is 0 Å². The van der Waals surface area contributed by atoms with E-state index in [1.54, 1.807) is 0 Å². The fraction of sp³-hybridized carbons (Fsp3) is 0.294. The van der Waals surface area contributed by atoms with Crippen LogP contribution in [0.3, 0.4) is 0 Å². The summed E-state index contributed by atoms with van der Waals surface area (Å²) in [4.78, 5) is 57.4. The van der Waals surface area contributed by atoms with Gasteiger partial charge in [0.05, 0.1) is 68.5 Å². The molecule has 44 heavy (non-hydrogen) atoms. The van der Waals surface area contributed by atoms with E-state index in [9.17, 15) is 19.2 Å². The van der Waals surface area contributed by atoms with Crippen molar-refractivity contribution in [3.8, 4) is 0 Å². The summed E-state index contributed by atoms with van der Waals surface area (Å²) >= 11 is 0. The molecule has 5 aromatic carbocycles. The fourth-order valence-electron chi connectivity index (χ4n) is 6.57. The summed E-state index contributed by atoms with van der Waals surface area (Å²) in [5.41, 5.74) is 2.11. The number of hydrogen-bond acceptors (Lipinski definition) is 4. The van der Waals surface area contributed by atoms with Crippen molar-refractivity contribution in [2.24, 2.45) is 0 Å². The third-order valence-corrected chi connectivity index (χ3v) is 8.79. The lowest BCUT2D eigenvalue weighted by Crippen LogP contribution is -3.00. The predicted molar refractivity (Wildman–Crippen MR) is 164 cm³/mol. The molecule has 7 rings (SSSR count). The largest absolute Gasteiger partial charge is 1.00 e. The number of rotatable bonds is 6. The molecule has 0 radical (unpaired) electrons. The highest BCUT2D eigenvalue weighted by molar-refractivity contribution is 6.41. The van der Waals surface area contributed by atoms with Crippen molar-refractivity contribution in [1.29, 1.82) is 0 Å². The van der Waals surface area contributed by atoms with Crippen molar-refractivity contribution < 1.29 is 76.1 Å². The Morgan fingerprint density at radius 3 is 0.909 bits per heavy atom. The Morgan fingerprint density at radius 2 is 0.682 bits per heavy atom. The average Bonchev–Trinajstić information content (AvgIpc) is 2.92. The van der Waals surface area contributed by atoms with Crippen LogP contribution in [0.4, 0.5) is 0 Å². The van der Waals surface area contributed by atoms with E-state index < -0.39 is 0 Å². The van der Waals surface area contributed by atoms with Crippen LogP contribution in [0.5, 0.6) is 0 Å². The highest BCUT2D eigenvalue weighted by Crippen LogP contribution is 2.46. The van der Waals surface area contributed by atoms with Crippen LogP contribution in [-0.2, 0) is 0 Å². The van der Waals surface area contributed by atoms with Crippen molar-refractivity contribution in [2.45, 2.75) is 0 Å². The summed E-state index contributed by atoms with van der Waals surface area (Å²) in [5.74, 6) is -1.09. The molecule has 0 bridgehead atoms. The molecule has 0 fully saturated rings. The number of carbonyl (C=O) groups is 4. The first-order chi connectivity index (χ1) is 19.8. The molecule has 0 N–H and O–H groups in total. The van der Waals surface area contributed by atoms with Gasteiger partial charge in [-0.05, 0) is 56.6 Å². The molecule has 8 nitrogen and oxygen atoms in total. The second-order valence-corrected chi connectivity index (χ2v) is 13.7. The molecule has 228 valence electrons. The summed E-state index contributed by atoms with van der Waals surface area (Å²) in [6.45, 7) is 1.98. The third-order valence-electron chi connectivity index (χ3n) is 8.79. The van der Waals surface area contributed by atoms with Crippen molar-refractivity contribution in [1.82, 2.24) is 9.80 Å². The van der Waals surface area contributed by atoms with Crippen LogP contribution in [0.2, 0.25) is 0 Å². The van der Waals surface area contributed by atoms with Crippen LogP contribution in [-0.4, -0.2) is 111 Å². The zero-order valence-electron chi connectivity index (χ0n) is 25.6. The molecule has 2 aliphatic heterocycles. The van der Waals surface area contributed by atoms with Crippen LogP contribution in [0.25, 0.3) is 43.1 Å². The number of likely N-dealkylation sites (N-methyl/N-ethyl adjacent to an activating group) is 2. The zero-order valence-corrected chi connectivity index (χ0v) is 29.9. The molecule has 5 aromatic rings. The van der Waals surface area contributed by atoms with Gasteiger partial charge in [0.2, 0.25) is 0 Å².